The largest absolute Gasteiger partial charge is 0.462 e. The Bertz CT molecular complexity index is 223. The zero-order valence-corrected chi connectivity index (χ0v) is 12.3. The van der Waals surface area contributed by atoms with Crippen molar-refractivity contribution in [2.75, 3.05) is 5.75 Å². The second-order valence-corrected chi connectivity index (χ2v) is 5.83. The molecule has 0 heterocycles. The number of hydrogen-bond donors (Lipinski definition) is 0. The zero-order chi connectivity index (χ0) is 14.0. The zero-order valence-electron chi connectivity index (χ0n) is 11.5. The first-order chi connectivity index (χ1) is 8.47. The fourth-order valence-corrected chi connectivity index (χ4v) is 2.58. The van der Waals surface area contributed by atoms with Gasteiger partial charge in [-0.05, 0) is 26.0 Å². The van der Waals surface area contributed by atoms with Crippen molar-refractivity contribution in [1.82, 2.24) is 0 Å². The number of alkyl halides is 2. The van der Waals surface area contributed by atoms with E-state index in [0.29, 0.717) is 12.2 Å². The lowest BCUT2D eigenvalue weighted by molar-refractivity contribution is -0.146. The second kappa shape index (κ2) is 10.6. The van der Waals surface area contributed by atoms with Crippen molar-refractivity contribution in [2.45, 2.75) is 70.7 Å². The highest BCUT2D eigenvalue weighted by molar-refractivity contribution is 8.00. The molecule has 0 aliphatic carbocycles. The molecular formula is C13H24F2O2S. The van der Waals surface area contributed by atoms with Crippen molar-refractivity contribution in [2.24, 2.45) is 0 Å². The van der Waals surface area contributed by atoms with Crippen LogP contribution in [0.2, 0.25) is 0 Å². The molecule has 2 nitrogen and oxygen atoms in total. The van der Waals surface area contributed by atoms with Gasteiger partial charge in [-0.2, -0.15) is 0 Å². The molecule has 0 aromatic heterocycles. The van der Waals surface area contributed by atoms with Gasteiger partial charge in [-0.3, -0.25) is 4.79 Å². The van der Waals surface area contributed by atoms with Crippen molar-refractivity contribution in [3.63, 3.8) is 0 Å². The summed E-state index contributed by atoms with van der Waals surface area (Å²) in [6, 6.07) is 0. The van der Waals surface area contributed by atoms with Crippen molar-refractivity contribution in [3.05, 3.63) is 0 Å². The number of rotatable bonds is 10. The van der Waals surface area contributed by atoms with Crippen LogP contribution in [0.15, 0.2) is 0 Å². The van der Waals surface area contributed by atoms with E-state index in [4.69, 9.17) is 4.74 Å². The van der Waals surface area contributed by atoms with Crippen LogP contribution in [-0.2, 0) is 9.53 Å². The number of hydrogen-bond acceptors (Lipinski definition) is 3. The van der Waals surface area contributed by atoms with E-state index in [0.717, 1.165) is 19.3 Å². The molecule has 0 aromatic carbocycles. The Labute approximate surface area is 113 Å². The van der Waals surface area contributed by atoms with Gasteiger partial charge in [-0.15, -0.1) is 11.8 Å². The van der Waals surface area contributed by atoms with E-state index in [1.807, 2.05) is 0 Å². The van der Waals surface area contributed by atoms with Crippen LogP contribution >= 0.6 is 11.8 Å². The first kappa shape index (κ1) is 17.7. The topological polar surface area (TPSA) is 26.3 Å². The highest BCUT2D eigenvalue weighted by Gasteiger charge is 2.21. The summed E-state index contributed by atoms with van der Waals surface area (Å²) in [7, 11) is 0. The van der Waals surface area contributed by atoms with Gasteiger partial charge < -0.3 is 4.74 Å². The lowest BCUT2D eigenvalue weighted by Crippen LogP contribution is -2.24. The van der Waals surface area contributed by atoms with E-state index in [1.165, 1.54) is 11.8 Å². The van der Waals surface area contributed by atoms with Gasteiger partial charge in [0.25, 0.3) is 0 Å². The molecule has 0 radical (unpaired) electrons. The lowest BCUT2D eigenvalue weighted by Gasteiger charge is -2.17. The predicted molar refractivity (Wildman–Crippen MR) is 72.2 cm³/mol. The average molecular weight is 282 g/mol. The molecule has 0 amide bonds. The molecule has 5 heteroatoms. The molecule has 18 heavy (non-hydrogen) atoms. The third-order valence-corrected chi connectivity index (χ3v) is 3.64. The molecule has 0 aromatic rings. The fourth-order valence-electron chi connectivity index (χ4n) is 1.46. The Morgan fingerprint density at radius 2 is 1.89 bits per heavy atom. The Balaban J connectivity index is 4.10. The maximum atomic E-state index is 12.1. The molecule has 1 unspecified atom stereocenters. The summed E-state index contributed by atoms with van der Waals surface area (Å²) in [6.45, 7) is 5.68. The Morgan fingerprint density at radius 3 is 2.39 bits per heavy atom. The van der Waals surface area contributed by atoms with E-state index in [2.05, 4.69) is 6.92 Å². The second-order valence-electron chi connectivity index (χ2n) is 4.52. The third kappa shape index (κ3) is 9.68. The molecule has 0 fully saturated rings. The normalized spacial score (nSPS) is 13.1. The summed E-state index contributed by atoms with van der Waals surface area (Å²) in [5.74, 6) is 0.0436. The Hall–Kier alpha value is -0.320. The van der Waals surface area contributed by atoms with Gasteiger partial charge in [0.15, 0.2) is 0 Å². The van der Waals surface area contributed by atoms with Crippen LogP contribution in [0.25, 0.3) is 0 Å². The molecule has 108 valence electrons. The Morgan fingerprint density at radius 1 is 1.22 bits per heavy atom. The van der Waals surface area contributed by atoms with Crippen LogP contribution in [0.1, 0.15) is 52.9 Å². The summed E-state index contributed by atoms with van der Waals surface area (Å²) >= 11 is 1.30. The summed E-state index contributed by atoms with van der Waals surface area (Å²) < 4.78 is 29.3. The maximum absolute atomic E-state index is 12.1. The predicted octanol–water partition coefficient (Wildman–Crippen LogP) is 4.28. The molecule has 0 rings (SSSR count). The number of ether oxygens (including phenoxy) is 1. The van der Waals surface area contributed by atoms with Crippen LogP contribution in [0.4, 0.5) is 8.78 Å². The molecule has 0 aliphatic rings. The van der Waals surface area contributed by atoms with E-state index in [1.54, 1.807) is 13.8 Å². The number of esters is 1. The van der Waals surface area contributed by atoms with Crippen LogP contribution < -0.4 is 0 Å². The van der Waals surface area contributed by atoms with Crippen LogP contribution in [0, 0.1) is 0 Å². The molecule has 1 atom stereocenters. The molecule has 0 saturated carbocycles. The monoisotopic (exact) mass is 282 g/mol. The standard InChI is InChI=1S/C13H24F2O2S/c1-4-5-6-7-11(13(16)17-10(2)3)18-9-8-12(14)15/h10-12H,4-9H2,1-3H3. The molecule has 0 aliphatic heterocycles. The fraction of sp³-hybridized carbons (Fsp3) is 0.923. The quantitative estimate of drug-likeness (QED) is 0.442. The van der Waals surface area contributed by atoms with Gasteiger partial charge in [0, 0.05) is 6.42 Å². The number of carbonyl (C=O) groups is 1. The van der Waals surface area contributed by atoms with Gasteiger partial charge in [-0.1, -0.05) is 26.2 Å². The van der Waals surface area contributed by atoms with Gasteiger partial charge in [-0.25, -0.2) is 8.78 Å². The summed E-state index contributed by atoms with van der Waals surface area (Å²) in [6.07, 6.45) is 1.18. The minimum absolute atomic E-state index is 0.151. The average Bonchev–Trinajstić information content (AvgIpc) is 2.25. The number of thioether (sulfide) groups is 1. The molecule has 0 N–H and O–H groups in total. The van der Waals surface area contributed by atoms with Crippen molar-refractivity contribution in [1.29, 1.82) is 0 Å². The van der Waals surface area contributed by atoms with Gasteiger partial charge in [0.2, 0.25) is 6.43 Å². The SMILES string of the molecule is CCCCCC(SCCC(F)F)C(=O)OC(C)C. The van der Waals surface area contributed by atoms with E-state index in [-0.39, 0.29) is 23.7 Å². The summed E-state index contributed by atoms with van der Waals surface area (Å²) in [4.78, 5) is 11.8. The Kier molecular flexibility index (Phi) is 10.4. The highest BCUT2D eigenvalue weighted by atomic mass is 32.2. The minimum atomic E-state index is -2.30. The van der Waals surface area contributed by atoms with Crippen molar-refractivity contribution in [3.8, 4) is 0 Å². The van der Waals surface area contributed by atoms with Crippen LogP contribution in [-0.4, -0.2) is 29.5 Å². The van der Waals surface area contributed by atoms with Crippen molar-refractivity contribution >= 4 is 17.7 Å². The number of unbranched alkanes of at least 4 members (excludes halogenated alkanes) is 2. The first-order valence-corrected chi connectivity index (χ1v) is 7.62. The molecule has 0 bridgehead atoms. The number of carbonyl (C=O) groups excluding carboxylic acids is 1. The highest BCUT2D eigenvalue weighted by Crippen LogP contribution is 2.22. The molecular weight excluding hydrogens is 258 g/mol. The molecule has 0 saturated heterocycles. The van der Waals surface area contributed by atoms with Crippen LogP contribution in [0.3, 0.4) is 0 Å². The third-order valence-electron chi connectivity index (χ3n) is 2.34. The lowest BCUT2D eigenvalue weighted by atomic mass is 10.1. The van der Waals surface area contributed by atoms with Gasteiger partial charge in [0.05, 0.1) is 6.10 Å². The summed E-state index contributed by atoms with van der Waals surface area (Å²) in [5.41, 5.74) is 0. The maximum Gasteiger partial charge on any atom is 0.319 e. The minimum Gasteiger partial charge on any atom is -0.462 e. The van der Waals surface area contributed by atoms with Gasteiger partial charge in [0.1, 0.15) is 5.25 Å². The number of halogens is 2. The summed E-state index contributed by atoms with van der Waals surface area (Å²) in [5, 5.41) is -0.294. The van der Waals surface area contributed by atoms with Gasteiger partial charge >= 0.3 is 5.97 Å². The van der Waals surface area contributed by atoms with Crippen LogP contribution in [0.5, 0.6) is 0 Å². The van der Waals surface area contributed by atoms with Crippen molar-refractivity contribution < 1.29 is 18.3 Å². The first-order valence-electron chi connectivity index (χ1n) is 6.57. The smallest absolute Gasteiger partial charge is 0.319 e. The van der Waals surface area contributed by atoms with E-state index < -0.39 is 6.43 Å². The molecule has 0 spiro atoms. The van der Waals surface area contributed by atoms with E-state index >= 15 is 0 Å². The van der Waals surface area contributed by atoms with E-state index in [9.17, 15) is 13.6 Å².